The Morgan fingerprint density at radius 1 is 1.28 bits per heavy atom. The average molecular weight is 245 g/mol. The van der Waals surface area contributed by atoms with Gasteiger partial charge in [0.15, 0.2) is 0 Å². The van der Waals surface area contributed by atoms with Crippen LogP contribution in [0.4, 0.5) is 0 Å². The number of hydrogen-bond acceptors (Lipinski definition) is 3. The van der Waals surface area contributed by atoms with Gasteiger partial charge in [-0.2, -0.15) is 0 Å². The molecule has 0 radical (unpaired) electrons. The summed E-state index contributed by atoms with van der Waals surface area (Å²) in [7, 11) is 1.56. The predicted molar refractivity (Wildman–Crippen MR) is 68.7 cm³/mol. The van der Waals surface area contributed by atoms with Crippen molar-refractivity contribution >= 4 is 0 Å². The van der Waals surface area contributed by atoms with Gasteiger partial charge in [-0.15, -0.1) is 0 Å². The summed E-state index contributed by atoms with van der Waals surface area (Å²) in [6, 6.07) is 10.6. The lowest BCUT2D eigenvalue weighted by Crippen LogP contribution is -2.18. The van der Waals surface area contributed by atoms with Crippen LogP contribution in [0.3, 0.4) is 0 Å². The lowest BCUT2D eigenvalue weighted by atomic mass is 10.1. The van der Waals surface area contributed by atoms with Gasteiger partial charge in [0.1, 0.15) is 5.75 Å². The molecule has 0 saturated heterocycles. The molecule has 1 heterocycles. The van der Waals surface area contributed by atoms with Gasteiger partial charge in [0.05, 0.1) is 20.3 Å². The number of nitrogens with zero attached hydrogens (tertiary/aromatic N) is 1. The molecule has 1 aromatic heterocycles. The van der Waals surface area contributed by atoms with Crippen molar-refractivity contribution in [2.24, 2.45) is 0 Å². The summed E-state index contributed by atoms with van der Waals surface area (Å²) in [6.45, 7) is 0.427. The van der Waals surface area contributed by atoms with E-state index in [4.69, 9.17) is 9.84 Å². The number of hydrogen-bond donors (Lipinski definition) is 1. The zero-order chi connectivity index (χ0) is 13.0. The molecular formula is C14H15NO3. The summed E-state index contributed by atoms with van der Waals surface area (Å²) < 4.78 is 6.82. The molecule has 0 aliphatic rings. The maximum Gasteiger partial charge on any atom is 0.250 e. The molecule has 0 aliphatic carbocycles. The third kappa shape index (κ3) is 2.60. The highest BCUT2D eigenvalue weighted by atomic mass is 16.5. The Labute approximate surface area is 105 Å². The molecule has 0 unspecified atom stereocenters. The van der Waals surface area contributed by atoms with E-state index in [-0.39, 0.29) is 12.2 Å². The molecule has 4 nitrogen and oxygen atoms in total. The minimum Gasteiger partial charge on any atom is -0.496 e. The Bertz CT molecular complexity index is 590. The molecule has 0 bridgehead atoms. The van der Waals surface area contributed by atoms with Crippen LogP contribution in [0.5, 0.6) is 5.75 Å². The summed E-state index contributed by atoms with van der Waals surface area (Å²) in [4.78, 5) is 11.6. The highest BCUT2D eigenvalue weighted by molar-refractivity contribution is 5.37. The van der Waals surface area contributed by atoms with E-state index in [9.17, 15) is 4.79 Å². The number of ether oxygens (including phenoxy) is 1. The van der Waals surface area contributed by atoms with E-state index in [2.05, 4.69) is 0 Å². The minimum absolute atomic E-state index is 0.0392. The number of aliphatic hydroxyl groups is 1. The second kappa shape index (κ2) is 5.51. The first kappa shape index (κ1) is 12.4. The van der Waals surface area contributed by atoms with Crippen LogP contribution in [0.15, 0.2) is 47.4 Å². The van der Waals surface area contributed by atoms with Crippen LogP contribution in [0.2, 0.25) is 0 Å². The molecule has 94 valence electrons. The molecule has 2 aromatic rings. The van der Waals surface area contributed by atoms with E-state index in [1.54, 1.807) is 23.9 Å². The maximum atomic E-state index is 11.6. The third-order valence-electron chi connectivity index (χ3n) is 2.77. The second-order valence-electron chi connectivity index (χ2n) is 3.97. The fraction of sp³-hybridized carbons (Fsp3) is 0.214. The summed E-state index contributed by atoms with van der Waals surface area (Å²) in [5, 5.41) is 9.14. The van der Waals surface area contributed by atoms with Gasteiger partial charge >= 0.3 is 0 Å². The van der Waals surface area contributed by atoms with Crippen LogP contribution in [0, 0.1) is 0 Å². The number of methoxy groups -OCH3 is 1. The lowest BCUT2D eigenvalue weighted by Gasteiger charge is -2.10. The summed E-state index contributed by atoms with van der Waals surface area (Å²) in [5.74, 6) is 0.638. The summed E-state index contributed by atoms with van der Waals surface area (Å²) >= 11 is 0. The Hall–Kier alpha value is -2.07. The average Bonchev–Trinajstić information content (AvgIpc) is 2.41. The highest BCUT2D eigenvalue weighted by Crippen LogP contribution is 2.20. The molecule has 0 saturated carbocycles. The van der Waals surface area contributed by atoms with Crippen LogP contribution < -0.4 is 10.3 Å². The van der Waals surface area contributed by atoms with Gasteiger partial charge in [0, 0.05) is 17.8 Å². The number of rotatable bonds is 4. The van der Waals surface area contributed by atoms with Crippen molar-refractivity contribution in [3.8, 4) is 5.75 Å². The monoisotopic (exact) mass is 245 g/mol. The third-order valence-corrected chi connectivity index (χ3v) is 2.77. The number of pyridine rings is 1. The van der Waals surface area contributed by atoms with Crippen molar-refractivity contribution < 1.29 is 9.84 Å². The molecular weight excluding hydrogens is 230 g/mol. The van der Waals surface area contributed by atoms with Gasteiger partial charge in [-0.1, -0.05) is 18.2 Å². The topological polar surface area (TPSA) is 51.5 Å². The Morgan fingerprint density at radius 2 is 2.11 bits per heavy atom. The van der Waals surface area contributed by atoms with Crippen LogP contribution in [-0.2, 0) is 13.2 Å². The van der Waals surface area contributed by atoms with Gasteiger partial charge in [-0.05, 0) is 17.7 Å². The van der Waals surface area contributed by atoms with E-state index >= 15 is 0 Å². The summed E-state index contributed by atoms with van der Waals surface area (Å²) in [6.07, 6.45) is 1.74. The Balaban J connectivity index is 2.30. The fourth-order valence-corrected chi connectivity index (χ4v) is 1.81. The molecule has 0 atom stereocenters. The molecule has 1 aromatic carbocycles. The van der Waals surface area contributed by atoms with Gasteiger partial charge in [-0.25, -0.2) is 0 Å². The van der Waals surface area contributed by atoms with E-state index in [1.807, 2.05) is 24.3 Å². The van der Waals surface area contributed by atoms with Crippen molar-refractivity contribution in [2.75, 3.05) is 7.11 Å². The smallest absolute Gasteiger partial charge is 0.250 e. The first-order valence-electron chi connectivity index (χ1n) is 5.66. The van der Waals surface area contributed by atoms with Gasteiger partial charge in [-0.3, -0.25) is 4.79 Å². The first-order valence-corrected chi connectivity index (χ1v) is 5.66. The van der Waals surface area contributed by atoms with Crippen LogP contribution >= 0.6 is 0 Å². The number of benzene rings is 1. The standard InChI is InChI=1S/C14H15NO3/c1-18-13-8-11(5-6-12(13)10-16)9-15-7-3-2-4-14(15)17/h2-8,16H,9-10H2,1H3. The fourth-order valence-electron chi connectivity index (χ4n) is 1.81. The zero-order valence-corrected chi connectivity index (χ0v) is 10.2. The molecule has 4 heteroatoms. The van der Waals surface area contributed by atoms with Gasteiger partial charge in [0.2, 0.25) is 0 Å². The normalized spacial score (nSPS) is 10.3. The SMILES string of the molecule is COc1cc(Cn2ccccc2=O)ccc1CO. The zero-order valence-electron chi connectivity index (χ0n) is 10.2. The lowest BCUT2D eigenvalue weighted by molar-refractivity contribution is 0.273. The Kier molecular flexibility index (Phi) is 3.79. The van der Waals surface area contributed by atoms with Crippen LogP contribution in [0.1, 0.15) is 11.1 Å². The number of aromatic nitrogens is 1. The predicted octanol–water partition coefficient (Wildman–Crippen LogP) is 1.40. The Morgan fingerprint density at radius 3 is 2.78 bits per heavy atom. The van der Waals surface area contributed by atoms with E-state index < -0.39 is 0 Å². The van der Waals surface area contributed by atoms with Gasteiger partial charge < -0.3 is 14.4 Å². The van der Waals surface area contributed by atoms with Crippen molar-refractivity contribution in [1.82, 2.24) is 4.57 Å². The molecule has 18 heavy (non-hydrogen) atoms. The second-order valence-corrected chi connectivity index (χ2v) is 3.97. The largest absolute Gasteiger partial charge is 0.496 e. The number of aliphatic hydroxyl groups excluding tert-OH is 1. The van der Waals surface area contributed by atoms with Crippen molar-refractivity contribution in [3.63, 3.8) is 0 Å². The van der Waals surface area contributed by atoms with Crippen molar-refractivity contribution in [3.05, 3.63) is 64.1 Å². The molecule has 0 amide bonds. The summed E-state index contributed by atoms with van der Waals surface area (Å²) in [5.41, 5.74) is 1.65. The van der Waals surface area contributed by atoms with Crippen molar-refractivity contribution in [1.29, 1.82) is 0 Å². The van der Waals surface area contributed by atoms with Crippen molar-refractivity contribution in [2.45, 2.75) is 13.2 Å². The highest BCUT2D eigenvalue weighted by Gasteiger charge is 2.04. The molecule has 1 N–H and O–H groups in total. The van der Waals surface area contributed by atoms with E-state index in [0.717, 1.165) is 11.1 Å². The van der Waals surface area contributed by atoms with Crippen LogP contribution in [0.25, 0.3) is 0 Å². The van der Waals surface area contributed by atoms with E-state index in [0.29, 0.717) is 12.3 Å². The minimum atomic E-state index is -0.0608. The molecule has 0 spiro atoms. The molecule has 2 rings (SSSR count). The van der Waals surface area contributed by atoms with Gasteiger partial charge in [0.25, 0.3) is 5.56 Å². The molecule has 0 fully saturated rings. The van der Waals surface area contributed by atoms with E-state index in [1.165, 1.54) is 6.07 Å². The van der Waals surface area contributed by atoms with Crippen LogP contribution in [-0.4, -0.2) is 16.8 Å². The molecule has 0 aliphatic heterocycles. The first-order chi connectivity index (χ1) is 8.74. The quantitative estimate of drug-likeness (QED) is 0.885. The maximum absolute atomic E-state index is 11.6.